The van der Waals surface area contributed by atoms with Gasteiger partial charge in [-0.1, -0.05) is 48.5 Å². The quantitative estimate of drug-likeness (QED) is 0.838. The van der Waals surface area contributed by atoms with Crippen LogP contribution in [0.25, 0.3) is 0 Å². The lowest BCUT2D eigenvalue weighted by molar-refractivity contribution is -0.119. The Labute approximate surface area is 156 Å². The second-order valence-electron chi connectivity index (χ2n) is 6.43. The van der Waals surface area contributed by atoms with Gasteiger partial charge >= 0.3 is 0 Å². The Morgan fingerprint density at radius 2 is 1.60 bits per heavy atom. The number of para-hydroxylation sites is 1. The van der Waals surface area contributed by atoms with Gasteiger partial charge in [0.1, 0.15) is 0 Å². The lowest BCUT2D eigenvalue weighted by Crippen LogP contribution is -2.55. The summed E-state index contributed by atoms with van der Waals surface area (Å²) >= 11 is 0. The van der Waals surface area contributed by atoms with Crippen molar-refractivity contribution in [2.45, 2.75) is 18.9 Å². The number of carbonyl (C=O) groups excluding carboxylic acids is 1. The Balaban J connectivity index is 0.00000225. The van der Waals surface area contributed by atoms with Crippen molar-refractivity contribution in [2.75, 3.05) is 32.1 Å². The molecule has 25 heavy (non-hydrogen) atoms. The molecule has 1 amide bonds. The van der Waals surface area contributed by atoms with Crippen molar-refractivity contribution in [2.24, 2.45) is 0 Å². The summed E-state index contributed by atoms with van der Waals surface area (Å²) in [6.07, 6.45) is 1.42. The zero-order chi connectivity index (χ0) is 16.9. The smallest absolute Gasteiger partial charge is 0.231 e. The van der Waals surface area contributed by atoms with Gasteiger partial charge < -0.3 is 4.90 Å². The second-order valence-corrected chi connectivity index (χ2v) is 6.43. The zero-order valence-corrected chi connectivity index (χ0v) is 15.7. The Bertz CT molecular complexity index is 665. The number of rotatable bonds is 4. The van der Waals surface area contributed by atoms with Gasteiger partial charge in [-0.05, 0) is 24.1 Å². The average molecular weight is 360 g/mol. The molecule has 1 unspecified atom stereocenters. The maximum absolute atomic E-state index is 13.1. The van der Waals surface area contributed by atoms with Crippen molar-refractivity contribution in [3.8, 4) is 0 Å². The van der Waals surface area contributed by atoms with Crippen molar-refractivity contribution < 1.29 is 4.79 Å². The Kier molecular flexibility index (Phi) is 7.00. The molecule has 134 valence electrons. The number of carbonyl (C=O) groups is 1. The first kappa shape index (κ1) is 19.4. The van der Waals surface area contributed by atoms with E-state index in [-0.39, 0.29) is 24.4 Å². The van der Waals surface area contributed by atoms with Crippen LogP contribution in [0, 0.1) is 0 Å². The zero-order valence-electron chi connectivity index (χ0n) is 14.8. The molecule has 0 aromatic heterocycles. The van der Waals surface area contributed by atoms with Gasteiger partial charge in [0.15, 0.2) is 0 Å². The molecule has 1 fully saturated rings. The number of hydrazine groups is 1. The third-order valence-electron chi connectivity index (χ3n) is 4.71. The molecule has 1 aliphatic heterocycles. The maximum atomic E-state index is 13.1. The minimum absolute atomic E-state index is 0. The van der Waals surface area contributed by atoms with E-state index in [0.29, 0.717) is 6.42 Å². The molecule has 0 N–H and O–H groups in total. The van der Waals surface area contributed by atoms with Gasteiger partial charge in [0.25, 0.3) is 0 Å². The van der Waals surface area contributed by atoms with Crippen molar-refractivity contribution >= 4 is 24.0 Å². The first-order valence-corrected chi connectivity index (χ1v) is 8.48. The van der Waals surface area contributed by atoms with Crippen LogP contribution in [0.1, 0.15) is 12.0 Å². The van der Waals surface area contributed by atoms with Crippen LogP contribution in [0.2, 0.25) is 0 Å². The van der Waals surface area contributed by atoms with E-state index in [0.717, 1.165) is 30.8 Å². The molecular weight excluding hydrogens is 334 g/mol. The molecule has 1 saturated heterocycles. The van der Waals surface area contributed by atoms with Crippen molar-refractivity contribution in [3.63, 3.8) is 0 Å². The maximum Gasteiger partial charge on any atom is 0.231 e. The van der Waals surface area contributed by atoms with Gasteiger partial charge in [-0.25, -0.2) is 10.0 Å². The molecule has 0 spiro atoms. The van der Waals surface area contributed by atoms with Gasteiger partial charge in [0, 0.05) is 32.9 Å². The minimum atomic E-state index is 0. The highest BCUT2D eigenvalue weighted by molar-refractivity contribution is 5.95. The molecule has 2 aromatic carbocycles. The fourth-order valence-electron chi connectivity index (χ4n) is 3.26. The molecule has 2 aromatic rings. The summed E-state index contributed by atoms with van der Waals surface area (Å²) in [7, 11) is 4.17. The van der Waals surface area contributed by atoms with E-state index in [9.17, 15) is 4.79 Å². The molecule has 5 heteroatoms. The Morgan fingerprint density at radius 1 is 1.00 bits per heavy atom. The molecule has 1 atom stereocenters. The van der Waals surface area contributed by atoms with E-state index in [4.69, 9.17) is 0 Å². The third-order valence-corrected chi connectivity index (χ3v) is 4.71. The predicted octanol–water partition coefficient (Wildman–Crippen LogP) is 3.24. The summed E-state index contributed by atoms with van der Waals surface area (Å²) in [5, 5.41) is 4.40. The number of nitrogens with zero attached hydrogens (tertiary/aromatic N) is 3. The van der Waals surface area contributed by atoms with Crippen LogP contribution in [0.4, 0.5) is 5.69 Å². The summed E-state index contributed by atoms with van der Waals surface area (Å²) in [4.78, 5) is 15.1. The van der Waals surface area contributed by atoms with Crippen molar-refractivity contribution in [1.29, 1.82) is 0 Å². The van der Waals surface area contributed by atoms with E-state index in [1.807, 2.05) is 65.6 Å². The van der Waals surface area contributed by atoms with E-state index in [1.165, 1.54) is 0 Å². The number of anilines is 1. The number of likely N-dealkylation sites (N-methyl/N-ethyl adjacent to an activating group) is 1. The van der Waals surface area contributed by atoms with Gasteiger partial charge in [-0.3, -0.25) is 4.79 Å². The summed E-state index contributed by atoms with van der Waals surface area (Å²) < 4.78 is 0. The first-order valence-electron chi connectivity index (χ1n) is 8.48. The molecule has 4 nitrogen and oxygen atoms in total. The third kappa shape index (κ3) is 4.82. The van der Waals surface area contributed by atoms with Crippen LogP contribution in [-0.4, -0.2) is 49.2 Å². The summed E-state index contributed by atoms with van der Waals surface area (Å²) in [6, 6.07) is 20.2. The molecule has 0 aliphatic carbocycles. The van der Waals surface area contributed by atoms with E-state index >= 15 is 0 Å². The van der Waals surface area contributed by atoms with Gasteiger partial charge in [0.05, 0.1) is 12.5 Å². The first-order chi connectivity index (χ1) is 11.6. The minimum Gasteiger partial charge on any atom is -0.308 e. The predicted molar refractivity (Wildman–Crippen MR) is 105 cm³/mol. The molecule has 0 radical (unpaired) electrons. The molecular formula is C20H26ClN3O. The number of hydrogen-bond acceptors (Lipinski definition) is 3. The van der Waals surface area contributed by atoms with Gasteiger partial charge in [-0.15, -0.1) is 12.4 Å². The van der Waals surface area contributed by atoms with Crippen LogP contribution in [0.15, 0.2) is 60.7 Å². The van der Waals surface area contributed by atoms with Gasteiger partial charge in [0.2, 0.25) is 5.91 Å². The topological polar surface area (TPSA) is 26.8 Å². The molecule has 1 heterocycles. The fraction of sp³-hybridized carbons (Fsp3) is 0.350. The highest BCUT2D eigenvalue weighted by Crippen LogP contribution is 2.23. The summed E-state index contributed by atoms with van der Waals surface area (Å²) in [5.41, 5.74) is 2.05. The summed E-state index contributed by atoms with van der Waals surface area (Å²) in [5.74, 6) is 0.162. The number of benzene rings is 2. The van der Waals surface area contributed by atoms with Gasteiger partial charge in [-0.2, -0.15) is 0 Å². The fourth-order valence-corrected chi connectivity index (χ4v) is 3.26. The standard InChI is InChI=1S/C20H25N3O.ClH/c1-21-14-13-19(16-22(21)2)23(18-11-7-4-8-12-18)20(24)15-17-9-5-3-6-10-17;/h3-12,19H,13-16H2,1-2H3;1H. The SMILES string of the molecule is CN1CCC(N(C(=O)Cc2ccccc2)c2ccccc2)CN1C.Cl. The van der Waals surface area contributed by atoms with Crippen LogP contribution < -0.4 is 4.90 Å². The monoisotopic (exact) mass is 359 g/mol. The van der Waals surface area contributed by atoms with Crippen LogP contribution >= 0.6 is 12.4 Å². The van der Waals surface area contributed by atoms with E-state index < -0.39 is 0 Å². The molecule has 0 saturated carbocycles. The highest BCUT2D eigenvalue weighted by Gasteiger charge is 2.30. The Hall–Kier alpha value is -1.88. The van der Waals surface area contributed by atoms with Crippen LogP contribution in [-0.2, 0) is 11.2 Å². The lowest BCUT2D eigenvalue weighted by atomic mass is 10.1. The lowest BCUT2D eigenvalue weighted by Gasteiger charge is -2.42. The van der Waals surface area contributed by atoms with Crippen LogP contribution in [0.5, 0.6) is 0 Å². The van der Waals surface area contributed by atoms with E-state index in [1.54, 1.807) is 0 Å². The van der Waals surface area contributed by atoms with Crippen LogP contribution in [0.3, 0.4) is 0 Å². The molecule has 1 aliphatic rings. The molecule has 0 bridgehead atoms. The Morgan fingerprint density at radius 3 is 2.20 bits per heavy atom. The number of hydrogen-bond donors (Lipinski definition) is 0. The normalized spacial score (nSPS) is 18.4. The second kappa shape index (κ2) is 8.99. The van der Waals surface area contributed by atoms with E-state index in [2.05, 4.69) is 24.1 Å². The van der Waals surface area contributed by atoms with Crippen molar-refractivity contribution in [3.05, 3.63) is 66.2 Å². The largest absolute Gasteiger partial charge is 0.308 e. The average Bonchev–Trinajstić information content (AvgIpc) is 2.60. The summed E-state index contributed by atoms with van der Waals surface area (Å²) in [6.45, 7) is 1.81. The van der Waals surface area contributed by atoms with Crippen molar-refractivity contribution in [1.82, 2.24) is 10.0 Å². The molecule has 3 rings (SSSR count). The number of halogens is 1. The highest BCUT2D eigenvalue weighted by atomic mass is 35.5. The number of amides is 1.